The fourth-order valence-corrected chi connectivity index (χ4v) is 1.48. The topological polar surface area (TPSA) is 128 Å². The molecule has 0 amide bonds. The highest BCUT2D eigenvalue weighted by Gasteiger charge is 2.16. The molecule has 102 valence electrons. The molecule has 1 aromatic heterocycles. The molecule has 2 rings (SSSR count). The van der Waals surface area contributed by atoms with Crippen molar-refractivity contribution in [2.75, 3.05) is 0 Å². The average molecular weight is 273 g/mol. The fraction of sp³-hybridized carbons (Fsp3) is 0.0833. The summed E-state index contributed by atoms with van der Waals surface area (Å²) in [6.07, 6.45) is 2.51. The van der Waals surface area contributed by atoms with E-state index in [2.05, 4.69) is 9.97 Å². The van der Waals surface area contributed by atoms with E-state index in [9.17, 15) is 10.1 Å². The van der Waals surface area contributed by atoms with E-state index in [0.29, 0.717) is 0 Å². The Bertz CT molecular complexity index is 669. The van der Waals surface area contributed by atoms with Crippen LogP contribution in [-0.2, 0) is 0 Å². The van der Waals surface area contributed by atoms with Crippen LogP contribution in [0.5, 0.6) is 11.6 Å². The zero-order valence-corrected chi connectivity index (χ0v) is 10.5. The molecule has 0 aliphatic heterocycles. The molecule has 0 spiro atoms. The van der Waals surface area contributed by atoms with Gasteiger partial charge in [-0.05, 0) is 18.6 Å². The van der Waals surface area contributed by atoms with Crippen LogP contribution in [0.3, 0.4) is 0 Å². The quantitative estimate of drug-likeness (QED) is 0.378. The second kappa shape index (κ2) is 5.31. The van der Waals surface area contributed by atoms with Crippen LogP contribution >= 0.6 is 0 Å². The monoisotopic (exact) mass is 273 g/mol. The van der Waals surface area contributed by atoms with Gasteiger partial charge in [0.2, 0.25) is 11.6 Å². The van der Waals surface area contributed by atoms with Crippen LogP contribution in [0.2, 0.25) is 0 Å². The summed E-state index contributed by atoms with van der Waals surface area (Å²) in [5.74, 6) is -0.0576. The van der Waals surface area contributed by atoms with E-state index < -0.39 is 4.92 Å². The molecule has 8 nitrogen and oxygen atoms in total. The highest BCUT2D eigenvalue weighted by atomic mass is 16.6. The van der Waals surface area contributed by atoms with E-state index in [4.69, 9.17) is 15.9 Å². The smallest absolute Gasteiger partial charge is 0.311 e. The first-order valence-corrected chi connectivity index (χ1v) is 5.56. The molecule has 0 saturated carbocycles. The zero-order chi connectivity index (χ0) is 14.7. The number of nitrogens with two attached hydrogens (primary N) is 1. The van der Waals surface area contributed by atoms with Crippen LogP contribution in [0.4, 0.5) is 5.69 Å². The molecule has 1 aromatic carbocycles. The van der Waals surface area contributed by atoms with Gasteiger partial charge in [-0.15, -0.1) is 0 Å². The summed E-state index contributed by atoms with van der Waals surface area (Å²) in [6.45, 7) is 1.75. The van der Waals surface area contributed by atoms with Gasteiger partial charge in [0, 0.05) is 6.07 Å². The van der Waals surface area contributed by atoms with Gasteiger partial charge >= 0.3 is 5.69 Å². The van der Waals surface area contributed by atoms with Gasteiger partial charge in [-0.1, -0.05) is 6.07 Å². The number of rotatable bonds is 4. The molecule has 8 heteroatoms. The van der Waals surface area contributed by atoms with Crippen LogP contribution in [0.1, 0.15) is 11.3 Å². The maximum Gasteiger partial charge on any atom is 0.311 e. The molecule has 0 aliphatic carbocycles. The van der Waals surface area contributed by atoms with Gasteiger partial charge in [0.25, 0.3) is 0 Å². The van der Waals surface area contributed by atoms with E-state index in [1.807, 2.05) is 0 Å². The summed E-state index contributed by atoms with van der Waals surface area (Å²) in [6, 6.07) is 4.60. The predicted molar refractivity (Wildman–Crippen MR) is 71.0 cm³/mol. The zero-order valence-electron chi connectivity index (χ0n) is 10.5. The standard InChI is InChI=1S/C12H11N5O3/c1-7-2-3-10(9(4-7)17(18)19)20-11-6-15-8(5-16-11)12(13)14/h2-6H,1H3,(H3,13,14). The molecule has 0 aliphatic rings. The van der Waals surface area contributed by atoms with Gasteiger partial charge in [-0.25, -0.2) is 9.97 Å². The van der Waals surface area contributed by atoms with Gasteiger partial charge in [0.1, 0.15) is 11.5 Å². The van der Waals surface area contributed by atoms with Gasteiger partial charge in [0.05, 0.1) is 17.3 Å². The van der Waals surface area contributed by atoms with E-state index in [1.54, 1.807) is 13.0 Å². The van der Waals surface area contributed by atoms with E-state index in [-0.39, 0.29) is 28.8 Å². The molecule has 0 radical (unpaired) electrons. The minimum atomic E-state index is -0.528. The number of nitrogen functional groups attached to an aromatic ring is 1. The van der Waals surface area contributed by atoms with E-state index in [1.165, 1.54) is 24.5 Å². The highest BCUT2D eigenvalue weighted by molar-refractivity contribution is 5.92. The molecule has 0 bridgehead atoms. The Balaban J connectivity index is 2.30. The SMILES string of the molecule is Cc1ccc(Oc2cnc(C(=N)N)cn2)c([N+](=O)[O-])c1. The van der Waals surface area contributed by atoms with Crippen LogP contribution in [0.15, 0.2) is 30.6 Å². The molecule has 0 fully saturated rings. The summed E-state index contributed by atoms with van der Waals surface area (Å²) >= 11 is 0. The number of ether oxygens (including phenoxy) is 1. The number of aromatic nitrogens is 2. The van der Waals surface area contributed by atoms with Crippen molar-refractivity contribution in [2.45, 2.75) is 6.92 Å². The minimum Gasteiger partial charge on any atom is -0.430 e. The number of aryl methyl sites for hydroxylation is 1. The lowest BCUT2D eigenvalue weighted by atomic mass is 10.2. The van der Waals surface area contributed by atoms with Gasteiger partial charge in [-0.2, -0.15) is 0 Å². The normalized spacial score (nSPS) is 10.1. The lowest BCUT2D eigenvalue weighted by Gasteiger charge is -2.06. The molecular weight excluding hydrogens is 262 g/mol. The van der Waals surface area contributed by atoms with Crippen LogP contribution in [0.25, 0.3) is 0 Å². The summed E-state index contributed by atoms with van der Waals surface area (Å²) in [7, 11) is 0. The number of hydrogen-bond donors (Lipinski definition) is 2. The van der Waals surface area contributed by atoms with E-state index in [0.717, 1.165) is 5.56 Å². The first-order valence-electron chi connectivity index (χ1n) is 5.56. The number of nitro groups is 1. The van der Waals surface area contributed by atoms with Crippen molar-refractivity contribution in [3.63, 3.8) is 0 Å². The predicted octanol–water partition coefficient (Wildman–Crippen LogP) is 1.77. The summed E-state index contributed by atoms with van der Waals surface area (Å²) in [5.41, 5.74) is 6.05. The molecule has 0 unspecified atom stereocenters. The molecule has 1 heterocycles. The lowest BCUT2D eigenvalue weighted by molar-refractivity contribution is -0.385. The maximum atomic E-state index is 11.0. The molecule has 0 saturated heterocycles. The summed E-state index contributed by atoms with van der Waals surface area (Å²) in [4.78, 5) is 18.2. The number of nitro benzene ring substituents is 1. The third kappa shape index (κ3) is 2.86. The Kier molecular flexibility index (Phi) is 3.56. The van der Waals surface area contributed by atoms with Crippen LogP contribution in [-0.4, -0.2) is 20.7 Å². The lowest BCUT2D eigenvalue weighted by Crippen LogP contribution is -2.13. The largest absolute Gasteiger partial charge is 0.430 e. The Morgan fingerprint density at radius 3 is 2.70 bits per heavy atom. The summed E-state index contributed by atoms with van der Waals surface area (Å²) < 4.78 is 5.33. The van der Waals surface area contributed by atoms with Gasteiger partial charge < -0.3 is 10.5 Å². The van der Waals surface area contributed by atoms with Crippen molar-refractivity contribution in [1.82, 2.24) is 9.97 Å². The van der Waals surface area contributed by atoms with Gasteiger partial charge in [-0.3, -0.25) is 15.5 Å². The van der Waals surface area contributed by atoms with Gasteiger partial charge in [0.15, 0.2) is 0 Å². The van der Waals surface area contributed by atoms with Crippen molar-refractivity contribution in [3.05, 3.63) is 52.0 Å². The second-order valence-corrected chi connectivity index (χ2v) is 3.98. The Morgan fingerprint density at radius 2 is 2.15 bits per heavy atom. The number of amidine groups is 1. The van der Waals surface area contributed by atoms with Crippen molar-refractivity contribution in [1.29, 1.82) is 5.41 Å². The molecule has 3 N–H and O–H groups in total. The number of nitrogens with one attached hydrogen (secondary N) is 1. The third-order valence-corrected chi connectivity index (χ3v) is 2.43. The minimum absolute atomic E-state index is 0.0745. The van der Waals surface area contributed by atoms with Crippen molar-refractivity contribution in [2.24, 2.45) is 5.73 Å². The Hall–Kier alpha value is -3.03. The van der Waals surface area contributed by atoms with Crippen molar-refractivity contribution in [3.8, 4) is 11.6 Å². The maximum absolute atomic E-state index is 11.0. The molecular formula is C12H11N5O3. The number of hydrogen-bond acceptors (Lipinski definition) is 6. The third-order valence-electron chi connectivity index (χ3n) is 2.43. The van der Waals surface area contributed by atoms with Crippen LogP contribution < -0.4 is 10.5 Å². The molecule has 2 aromatic rings. The Labute approximate surface area is 113 Å². The average Bonchev–Trinajstić information content (AvgIpc) is 2.41. The Morgan fingerprint density at radius 1 is 1.40 bits per heavy atom. The van der Waals surface area contributed by atoms with Crippen LogP contribution in [0, 0.1) is 22.4 Å². The number of benzene rings is 1. The molecule has 20 heavy (non-hydrogen) atoms. The van der Waals surface area contributed by atoms with Crippen molar-refractivity contribution < 1.29 is 9.66 Å². The summed E-state index contributed by atoms with van der Waals surface area (Å²) in [5, 5.41) is 18.1. The molecule has 0 atom stereocenters. The van der Waals surface area contributed by atoms with Crippen molar-refractivity contribution >= 4 is 11.5 Å². The second-order valence-electron chi connectivity index (χ2n) is 3.98. The fourth-order valence-electron chi connectivity index (χ4n) is 1.48. The highest BCUT2D eigenvalue weighted by Crippen LogP contribution is 2.30. The first-order chi connectivity index (χ1) is 9.47. The van der Waals surface area contributed by atoms with E-state index >= 15 is 0 Å². The first kappa shape index (κ1) is 13.4. The number of nitrogens with zero attached hydrogens (tertiary/aromatic N) is 3.